The summed E-state index contributed by atoms with van der Waals surface area (Å²) >= 11 is 1.34. The fourth-order valence-corrected chi connectivity index (χ4v) is 3.61. The van der Waals surface area contributed by atoms with E-state index in [2.05, 4.69) is 5.32 Å². The first-order valence-electron chi connectivity index (χ1n) is 9.69. The fraction of sp³-hybridized carbons (Fsp3) is 0.0800. The highest BCUT2D eigenvalue weighted by atomic mass is 32.1. The number of anilines is 1. The maximum Gasteiger partial charge on any atom is 0.269 e. The lowest BCUT2D eigenvalue weighted by molar-refractivity contribution is 0.102. The van der Waals surface area contributed by atoms with Gasteiger partial charge in [0.05, 0.1) is 7.11 Å². The Morgan fingerprint density at radius 3 is 2.23 bits per heavy atom. The third kappa shape index (κ3) is 5.43. The Kier molecular flexibility index (Phi) is 6.50. The van der Waals surface area contributed by atoms with Crippen molar-refractivity contribution in [3.63, 3.8) is 0 Å². The molecule has 1 N–H and O–H groups in total. The van der Waals surface area contributed by atoms with Gasteiger partial charge in [-0.05, 0) is 65.5 Å². The molecule has 0 saturated carbocycles. The summed E-state index contributed by atoms with van der Waals surface area (Å²) in [5.41, 5.74) is 1.67. The molecule has 0 aliphatic rings. The van der Waals surface area contributed by atoms with Crippen molar-refractivity contribution in [2.45, 2.75) is 6.61 Å². The summed E-state index contributed by atoms with van der Waals surface area (Å²) in [6.45, 7) is 0.368. The van der Waals surface area contributed by atoms with E-state index in [4.69, 9.17) is 14.2 Å². The third-order valence-electron chi connectivity index (χ3n) is 4.48. The van der Waals surface area contributed by atoms with Gasteiger partial charge < -0.3 is 19.5 Å². The summed E-state index contributed by atoms with van der Waals surface area (Å²) in [4.78, 5) is 13.3. The predicted molar refractivity (Wildman–Crippen MR) is 123 cm³/mol. The molecule has 0 fully saturated rings. The molecule has 0 aliphatic carbocycles. The van der Waals surface area contributed by atoms with Crippen molar-refractivity contribution >= 4 is 22.9 Å². The van der Waals surface area contributed by atoms with Gasteiger partial charge in [-0.25, -0.2) is 0 Å². The summed E-state index contributed by atoms with van der Waals surface area (Å²) in [5.74, 6) is 2.60. The molecule has 0 saturated heterocycles. The molecule has 0 bridgehead atoms. The fourth-order valence-electron chi connectivity index (χ4n) is 2.88. The average Bonchev–Trinajstić information content (AvgIpc) is 3.29. The van der Waals surface area contributed by atoms with Gasteiger partial charge >= 0.3 is 0 Å². The standard InChI is InChI=1S/C25H21NO4S/c1-28-20-11-7-18(8-12-20)17-29-23-15-16-31-24(23)25(27)26-19-9-13-22(14-10-19)30-21-5-3-2-4-6-21/h2-16H,17H2,1H3,(H,26,27). The molecule has 4 rings (SSSR count). The molecule has 0 unspecified atom stereocenters. The van der Waals surface area contributed by atoms with E-state index in [1.807, 2.05) is 84.2 Å². The monoisotopic (exact) mass is 431 g/mol. The molecule has 1 heterocycles. The van der Waals surface area contributed by atoms with Crippen LogP contribution in [0.25, 0.3) is 0 Å². The molecule has 0 atom stereocenters. The molecule has 0 radical (unpaired) electrons. The molecule has 0 aliphatic heterocycles. The zero-order valence-corrected chi connectivity index (χ0v) is 17.7. The molecule has 5 nitrogen and oxygen atoms in total. The molecule has 6 heteroatoms. The zero-order valence-electron chi connectivity index (χ0n) is 16.9. The van der Waals surface area contributed by atoms with E-state index >= 15 is 0 Å². The van der Waals surface area contributed by atoms with Gasteiger partial charge in [0.25, 0.3) is 5.91 Å². The summed E-state index contributed by atoms with van der Waals surface area (Å²) < 4.78 is 16.8. The van der Waals surface area contributed by atoms with Gasteiger partial charge in [-0.1, -0.05) is 30.3 Å². The normalized spacial score (nSPS) is 10.4. The average molecular weight is 432 g/mol. The maximum atomic E-state index is 12.7. The lowest BCUT2D eigenvalue weighted by Gasteiger charge is -2.10. The van der Waals surface area contributed by atoms with Crippen LogP contribution in [0.5, 0.6) is 23.0 Å². The van der Waals surface area contributed by atoms with Crippen LogP contribution < -0.4 is 19.5 Å². The Labute approximate surface area is 184 Å². The van der Waals surface area contributed by atoms with E-state index in [-0.39, 0.29) is 5.91 Å². The van der Waals surface area contributed by atoms with Crippen molar-refractivity contribution in [2.75, 3.05) is 12.4 Å². The Hall–Kier alpha value is -3.77. The van der Waals surface area contributed by atoms with Crippen molar-refractivity contribution in [3.8, 4) is 23.0 Å². The number of ether oxygens (including phenoxy) is 3. The minimum absolute atomic E-state index is 0.212. The summed E-state index contributed by atoms with van der Waals surface area (Å²) in [7, 11) is 1.63. The summed E-state index contributed by atoms with van der Waals surface area (Å²) in [5, 5.41) is 4.75. The van der Waals surface area contributed by atoms with Gasteiger partial charge in [0.15, 0.2) is 0 Å². The topological polar surface area (TPSA) is 56.8 Å². The lowest BCUT2D eigenvalue weighted by atomic mass is 10.2. The second-order valence-electron chi connectivity index (χ2n) is 6.64. The van der Waals surface area contributed by atoms with Crippen LogP contribution in [0.1, 0.15) is 15.2 Å². The molecular formula is C25H21NO4S. The zero-order chi connectivity index (χ0) is 21.5. The summed E-state index contributed by atoms with van der Waals surface area (Å²) in [6.07, 6.45) is 0. The van der Waals surface area contributed by atoms with E-state index in [0.717, 1.165) is 17.1 Å². The van der Waals surface area contributed by atoms with Crippen molar-refractivity contribution in [3.05, 3.63) is 101 Å². The van der Waals surface area contributed by atoms with Crippen LogP contribution >= 0.6 is 11.3 Å². The number of thiophene rings is 1. The minimum Gasteiger partial charge on any atom is -0.497 e. The van der Waals surface area contributed by atoms with Crippen molar-refractivity contribution < 1.29 is 19.0 Å². The molecule has 0 spiro atoms. The first-order valence-corrected chi connectivity index (χ1v) is 10.6. The first-order chi connectivity index (χ1) is 15.2. The molecule has 1 amide bonds. The van der Waals surface area contributed by atoms with E-state index in [1.165, 1.54) is 11.3 Å². The highest BCUT2D eigenvalue weighted by Gasteiger charge is 2.15. The largest absolute Gasteiger partial charge is 0.497 e. The number of benzene rings is 3. The SMILES string of the molecule is COc1ccc(COc2ccsc2C(=O)Nc2ccc(Oc3ccccc3)cc2)cc1. The van der Waals surface area contributed by atoms with Gasteiger partial charge in [-0.15, -0.1) is 11.3 Å². The lowest BCUT2D eigenvalue weighted by Crippen LogP contribution is -2.11. The minimum atomic E-state index is -0.212. The van der Waals surface area contributed by atoms with Crippen LogP contribution in [0.4, 0.5) is 5.69 Å². The molecule has 31 heavy (non-hydrogen) atoms. The van der Waals surface area contributed by atoms with Gasteiger partial charge in [-0.2, -0.15) is 0 Å². The van der Waals surface area contributed by atoms with Crippen LogP contribution in [0, 0.1) is 0 Å². The maximum absolute atomic E-state index is 12.7. The van der Waals surface area contributed by atoms with E-state index < -0.39 is 0 Å². The Balaban J connectivity index is 1.36. The quantitative estimate of drug-likeness (QED) is 0.352. The summed E-state index contributed by atoms with van der Waals surface area (Å²) in [6, 6.07) is 26.2. The predicted octanol–water partition coefficient (Wildman–Crippen LogP) is 6.38. The van der Waals surface area contributed by atoms with Gasteiger partial charge in [0, 0.05) is 5.69 Å². The van der Waals surface area contributed by atoms with Gasteiger partial charge in [0.1, 0.15) is 34.5 Å². The number of rotatable bonds is 8. The molecule has 1 aromatic heterocycles. The van der Waals surface area contributed by atoms with Crippen LogP contribution in [-0.2, 0) is 6.61 Å². The van der Waals surface area contributed by atoms with Gasteiger partial charge in [-0.3, -0.25) is 4.79 Å². The highest BCUT2D eigenvalue weighted by Crippen LogP contribution is 2.28. The van der Waals surface area contributed by atoms with Crippen molar-refractivity contribution in [2.24, 2.45) is 0 Å². The molecule has 3 aromatic carbocycles. The van der Waals surface area contributed by atoms with E-state index in [9.17, 15) is 4.79 Å². The Morgan fingerprint density at radius 2 is 1.52 bits per heavy atom. The number of hydrogen-bond donors (Lipinski definition) is 1. The number of methoxy groups -OCH3 is 1. The molecule has 156 valence electrons. The van der Waals surface area contributed by atoms with Crippen LogP contribution in [0.3, 0.4) is 0 Å². The Bertz CT molecular complexity index is 1120. The number of amides is 1. The first kappa shape index (κ1) is 20.5. The van der Waals surface area contributed by atoms with Crippen LogP contribution in [0.15, 0.2) is 90.3 Å². The second kappa shape index (κ2) is 9.82. The van der Waals surface area contributed by atoms with Crippen molar-refractivity contribution in [1.82, 2.24) is 0 Å². The van der Waals surface area contributed by atoms with E-state index in [1.54, 1.807) is 13.2 Å². The third-order valence-corrected chi connectivity index (χ3v) is 5.37. The van der Waals surface area contributed by atoms with E-state index in [0.29, 0.717) is 28.7 Å². The van der Waals surface area contributed by atoms with Gasteiger partial charge in [0.2, 0.25) is 0 Å². The highest BCUT2D eigenvalue weighted by molar-refractivity contribution is 7.12. The smallest absolute Gasteiger partial charge is 0.269 e. The van der Waals surface area contributed by atoms with Crippen molar-refractivity contribution in [1.29, 1.82) is 0 Å². The molecular weight excluding hydrogens is 410 g/mol. The number of hydrogen-bond acceptors (Lipinski definition) is 5. The van der Waals surface area contributed by atoms with Crippen LogP contribution in [0.2, 0.25) is 0 Å². The second-order valence-corrected chi connectivity index (χ2v) is 7.56. The number of para-hydroxylation sites is 1. The molecule has 4 aromatic rings. The number of nitrogens with one attached hydrogen (secondary N) is 1. The number of carbonyl (C=O) groups is 1. The number of carbonyl (C=O) groups excluding carboxylic acids is 1. The van der Waals surface area contributed by atoms with Crippen LogP contribution in [-0.4, -0.2) is 13.0 Å². The Morgan fingerprint density at radius 1 is 0.839 bits per heavy atom.